The van der Waals surface area contributed by atoms with Crippen LogP contribution in [-0.4, -0.2) is 16.4 Å². The summed E-state index contributed by atoms with van der Waals surface area (Å²) in [5.41, 5.74) is -1.27. The third-order valence-corrected chi connectivity index (χ3v) is 2.69. The number of carbonyl (C=O) groups is 2. The zero-order valence-electron chi connectivity index (χ0n) is 10.6. The summed E-state index contributed by atoms with van der Waals surface area (Å²) >= 11 is 0. The number of alkyl halides is 3. The Bertz CT molecular complexity index is 701. The van der Waals surface area contributed by atoms with Gasteiger partial charge >= 0.3 is 12.1 Å². The van der Waals surface area contributed by atoms with Crippen LogP contribution in [0.15, 0.2) is 24.4 Å². The molecule has 0 aliphatic heterocycles. The highest BCUT2D eigenvalue weighted by molar-refractivity contribution is 5.98. The van der Waals surface area contributed by atoms with Crippen molar-refractivity contribution in [2.24, 2.45) is 0 Å². The maximum Gasteiger partial charge on any atom is 0.418 e. The minimum Gasteiger partial charge on any atom is -0.424 e. The van der Waals surface area contributed by atoms with Gasteiger partial charge in [0.2, 0.25) is 5.91 Å². The lowest BCUT2D eigenvalue weighted by molar-refractivity contribution is -0.136. The fourth-order valence-corrected chi connectivity index (χ4v) is 1.97. The fourth-order valence-electron chi connectivity index (χ4n) is 1.97. The van der Waals surface area contributed by atoms with E-state index in [2.05, 4.69) is 0 Å². The van der Waals surface area contributed by atoms with Gasteiger partial charge in [0.05, 0.1) is 17.3 Å². The second-order valence-corrected chi connectivity index (χ2v) is 4.18. The van der Waals surface area contributed by atoms with Crippen LogP contribution in [0.2, 0.25) is 0 Å². The van der Waals surface area contributed by atoms with E-state index in [1.54, 1.807) is 0 Å². The summed E-state index contributed by atoms with van der Waals surface area (Å²) in [7, 11) is 0. The largest absolute Gasteiger partial charge is 0.424 e. The molecule has 0 N–H and O–H groups in total. The van der Waals surface area contributed by atoms with Crippen LogP contribution in [0.25, 0.3) is 10.9 Å². The molecule has 0 aliphatic rings. The number of nitrogens with zero attached hydrogens (tertiary/aromatic N) is 1. The van der Waals surface area contributed by atoms with Crippen LogP contribution >= 0.6 is 0 Å². The smallest absolute Gasteiger partial charge is 0.418 e. The molecule has 20 heavy (non-hydrogen) atoms. The fraction of sp³-hybridized carbons (Fsp3) is 0.231. The molecule has 1 aromatic carbocycles. The second kappa shape index (κ2) is 4.66. The molecule has 0 spiro atoms. The Morgan fingerprint density at radius 2 is 1.85 bits per heavy atom. The zero-order valence-corrected chi connectivity index (χ0v) is 10.6. The van der Waals surface area contributed by atoms with Crippen molar-refractivity contribution in [2.45, 2.75) is 20.0 Å². The molecule has 0 saturated carbocycles. The lowest BCUT2D eigenvalue weighted by Gasteiger charge is -2.10. The van der Waals surface area contributed by atoms with E-state index >= 15 is 0 Å². The molecule has 2 aromatic rings. The van der Waals surface area contributed by atoms with Crippen molar-refractivity contribution in [1.29, 1.82) is 0 Å². The van der Waals surface area contributed by atoms with Crippen LogP contribution in [0.5, 0.6) is 5.75 Å². The normalized spacial score (nSPS) is 11.7. The summed E-state index contributed by atoms with van der Waals surface area (Å²) in [5, 5.41) is 0.0604. The molecule has 0 radical (unpaired) electrons. The van der Waals surface area contributed by atoms with Crippen molar-refractivity contribution in [3.63, 3.8) is 0 Å². The Kier molecular flexibility index (Phi) is 3.29. The number of halogens is 3. The number of esters is 1. The van der Waals surface area contributed by atoms with Crippen molar-refractivity contribution < 1.29 is 27.5 Å². The lowest BCUT2D eigenvalue weighted by Crippen LogP contribution is -2.11. The van der Waals surface area contributed by atoms with E-state index in [1.807, 2.05) is 0 Å². The molecule has 0 fully saturated rings. The highest BCUT2D eigenvalue weighted by Gasteiger charge is 2.35. The molecular formula is C13H10F3NO3. The number of ether oxygens (including phenoxy) is 1. The topological polar surface area (TPSA) is 48.3 Å². The first-order chi connectivity index (χ1) is 9.21. The number of hydrogen-bond donors (Lipinski definition) is 0. The molecule has 1 heterocycles. The maximum absolute atomic E-state index is 13.0. The average molecular weight is 285 g/mol. The third kappa shape index (κ3) is 2.38. The zero-order chi connectivity index (χ0) is 15.1. The van der Waals surface area contributed by atoms with Crippen molar-refractivity contribution in [3.05, 3.63) is 30.0 Å². The molecule has 4 nitrogen and oxygen atoms in total. The van der Waals surface area contributed by atoms with Crippen molar-refractivity contribution in [1.82, 2.24) is 4.57 Å². The molecule has 0 amide bonds. The van der Waals surface area contributed by atoms with E-state index in [0.29, 0.717) is 0 Å². The van der Waals surface area contributed by atoms with Gasteiger partial charge in [-0.25, -0.2) is 0 Å². The second-order valence-electron chi connectivity index (χ2n) is 4.18. The van der Waals surface area contributed by atoms with Gasteiger partial charge in [-0.1, -0.05) is 6.07 Å². The summed E-state index contributed by atoms with van der Waals surface area (Å²) in [6.07, 6.45) is -3.53. The Balaban J connectivity index is 2.83. The van der Waals surface area contributed by atoms with Gasteiger partial charge in [-0.3, -0.25) is 14.2 Å². The van der Waals surface area contributed by atoms with Crippen LogP contribution in [0.1, 0.15) is 24.2 Å². The quantitative estimate of drug-likeness (QED) is 0.756. The first-order valence-electron chi connectivity index (χ1n) is 5.62. The predicted octanol–water partition coefficient (Wildman–Crippen LogP) is 3.25. The molecule has 1 aromatic heterocycles. The number of benzene rings is 1. The maximum atomic E-state index is 13.0. The van der Waals surface area contributed by atoms with E-state index in [-0.39, 0.29) is 16.7 Å². The van der Waals surface area contributed by atoms with Gasteiger partial charge < -0.3 is 4.74 Å². The van der Waals surface area contributed by atoms with E-state index in [4.69, 9.17) is 4.74 Å². The molecule has 106 valence electrons. The molecule has 0 aliphatic carbocycles. The number of para-hydroxylation sites is 1. The molecule has 0 atom stereocenters. The number of rotatable bonds is 1. The Hall–Kier alpha value is -2.31. The van der Waals surface area contributed by atoms with E-state index in [1.165, 1.54) is 12.1 Å². The molecule has 2 rings (SSSR count). The predicted molar refractivity (Wildman–Crippen MR) is 64.5 cm³/mol. The molecule has 0 bridgehead atoms. The monoisotopic (exact) mass is 285 g/mol. The minimum absolute atomic E-state index is 0.0604. The van der Waals surface area contributed by atoms with Crippen LogP contribution in [-0.2, 0) is 11.0 Å². The number of aromatic nitrogens is 1. The highest BCUT2D eigenvalue weighted by atomic mass is 19.4. The summed E-state index contributed by atoms with van der Waals surface area (Å²) in [6, 6.07) is 3.43. The summed E-state index contributed by atoms with van der Waals surface area (Å²) in [5.74, 6) is -1.36. The van der Waals surface area contributed by atoms with Crippen LogP contribution in [0.4, 0.5) is 13.2 Å². The van der Waals surface area contributed by atoms with Gasteiger partial charge in [-0.15, -0.1) is 0 Å². The standard InChI is InChI=1S/C13H10F3NO3/c1-7(18)17-6-11(20-8(2)19)9-4-3-5-10(12(9)17)13(14,15)16/h3-6H,1-2H3. The highest BCUT2D eigenvalue weighted by Crippen LogP contribution is 2.38. The van der Waals surface area contributed by atoms with Crippen molar-refractivity contribution in [2.75, 3.05) is 0 Å². The van der Waals surface area contributed by atoms with Gasteiger partial charge in [0.15, 0.2) is 5.75 Å². The van der Waals surface area contributed by atoms with E-state index in [9.17, 15) is 22.8 Å². The summed E-state index contributed by atoms with van der Waals surface area (Å²) in [4.78, 5) is 22.5. The SMILES string of the molecule is CC(=O)Oc1cn(C(C)=O)c2c(C(F)(F)F)cccc12. The Morgan fingerprint density at radius 3 is 2.35 bits per heavy atom. The summed E-state index contributed by atoms with van der Waals surface area (Å²) < 4.78 is 44.7. The van der Waals surface area contributed by atoms with Crippen molar-refractivity contribution >= 4 is 22.8 Å². The van der Waals surface area contributed by atoms with Crippen LogP contribution < -0.4 is 4.74 Å². The number of carbonyl (C=O) groups excluding carboxylic acids is 2. The third-order valence-electron chi connectivity index (χ3n) is 2.69. The Labute approximate surface area is 111 Å². The first-order valence-corrected chi connectivity index (χ1v) is 5.62. The average Bonchev–Trinajstić information content (AvgIpc) is 2.66. The van der Waals surface area contributed by atoms with Gasteiger partial charge in [0.1, 0.15) is 0 Å². The van der Waals surface area contributed by atoms with Gasteiger partial charge in [0, 0.05) is 19.2 Å². The van der Waals surface area contributed by atoms with E-state index < -0.39 is 23.6 Å². The molecule has 0 saturated heterocycles. The molecule has 7 heteroatoms. The van der Waals surface area contributed by atoms with Gasteiger partial charge in [-0.2, -0.15) is 13.2 Å². The van der Waals surface area contributed by atoms with Gasteiger partial charge in [-0.05, 0) is 12.1 Å². The van der Waals surface area contributed by atoms with Crippen LogP contribution in [0, 0.1) is 0 Å². The number of hydrogen-bond acceptors (Lipinski definition) is 3. The van der Waals surface area contributed by atoms with Crippen LogP contribution in [0.3, 0.4) is 0 Å². The number of fused-ring (bicyclic) bond motifs is 1. The summed E-state index contributed by atoms with van der Waals surface area (Å²) in [6.45, 7) is 2.26. The molecular weight excluding hydrogens is 275 g/mol. The van der Waals surface area contributed by atoms with Crippen molar-refractivity contribution in [3.8, 4) is 5.75 Å². The van der Waals surface area contributed by atoms with Gasteiger partial charge in [0.25, 0.3) is 0 Å². The van der Waals surface area contributed by atoms with E-state index in [0.717, 1.165) is 30.7 Å². The first kappa shape index (κ1) is 14.1. The lowest BCUT2D eigenvalue weighted by atomic mass is 10.1. The molecule has 0 unspecified atom stereocenters. The Morgan fingerprint density at radius 1 is 1.20 bits per heavy atom. The minimum atomic E-state index is -4.61.